The van der Waals surface area contributed by atoms with Gasteiger partial charge in [0, 0.05) is 110 Å². The average molecular weight is 1890 g/mol. The normalized spacial score (nSPS) is 15.4. The van der Waals surface area contributed by atoms with Gasteiger partial charge in [0.05, 0.1) is 242 Å². The van der Waals surface area contributed by atoms with Gasteiger partial charge in [-0.25, -0.2) is 27.1 Å². The van der Waals surface area contributed by atoms with Gasteiger partial charge in [-0.2, -0.15) is 15.3 Å². The number of hydrogen-bond donors (Lipinski definition) is 9. The Morgan fingerprint density at radius 3 is 1.16 bits per heavy atom. The first kappa shape index (κ1) is 113. The summed E-state index contributed by atoms with van der Waals surface area (Å²) in [7, 11) is 34.5. The number of ether oxygens (including phenoxy) is 1. The highest BCUT2D eigenvalue weighted by molar-refractivity contribution is 5.93. The third-order valence-corrected chi connectivity index (χ3v) is 28.7. The molecule has 762 valence electrons. The molecular weight excluding hydrogens is 1710 g/mol. The summed E-state index contributed by atoms with van der Waals surface area (Å²) in [6, 6.07) is 26.6. The van der Waals surface area contributed by atoms with Crippen molar-refractivity contribution in [1.29, 1.82) is 0 Å². The largest absolute Gasteiger partial charge is 0.395 e. The fourth-order valence-electron chi connectivity index (χ4n) is 19.9. The molecule has 0 bridgehead atoms. The lowest BCUT2D eigenvalue weighted by Gasteiger charge is -2.42. The van der Waals surface area contributed by atoms with Gasteiger partial charge in [-0.05, 0) is 195 Å². The first-order chi connectivity index (χ1) is 62.3. The fraction of sp³-hybridized carbons (Fsp3) is 0.547. The van der Waals surface area contributed by atoms with Crippen LogP contribution in [0.25, 0.3) is 33.1 Å². The van der Waals surface area contributed by atoms with E-state index in [1.807, 2.05) is 115 Å². The maximum absolute atomic E-state index is 6.41. The lowest BCUT2D eigenvalue weighted by atomic mass is 10.1. The molecule has 15 N–H and O–H groups in total. The molecular formula is C106H182N30O. The molecule has 0 saturated carbocycles. The van der Waals surface area contributed by atoms with E-state index in [0.29, 0.717) is 23.5 Å². The van der Waals surface area contributed by atoms with Crippen molar-refractivity contribution in [2.45, 2.75) is 162 Å². The summed E-state index contributed by atoms with van der Waals surface area (Å²) >= 11 is 0. The molecule has 0 radical (unpaired) electrons. The number of morpholine rings is 1. The number of rotatable bonds is 27. The van der Waals surface area contributed by atoms with Crippen LogP contribution in [-0.2, 0) is 62.5 Å². The number of aromatic nitrogens is 12. The van der Waals surface area contributed by atoms with Gasteiger partial charge >= 0.3 is 0 Å². The van der Waals surface area contributed by atoms with E-state index in [2.05, 4.69) is 190 Å². The van der Waals surface area contributed by atoms with Crippen molar-refractivity contribution in [1.82, 2.24) is 57.7 Å². The Morgan fingerprint density at radius 1 is 0.416 bits per heavy atom. The number of aryl methyl sites for hydroxylation is 9. The molecule has 0 aromatic carbocycles. The number of fused-ring (bicyclic) bond motifs is 12. The zero-order valence-corrected chi connectivity index (χ0v) is 89.5. The van der Waals surface area contributed by atoms with Crippen molar-refractivity contribution < 1.29 is 32.1 Å². The van der Waals surface area contributed by atoms with Crippen molar-refractivity contribution in [3.8, 4) is 0 Å². The van der Waals surface area contributed by atoms with Gasteiger partial charge in [0.1, 0.15) is 46.7 Å². The minimum absolute atomic E-state index is 0. The summed E-state index contributed by atoms with van der Waals surface area (Å²) in [4.78, 5) is 10.0. The van der Waals surface area contributed by atoms with Crippen LogP contribution in [0.15, 0.2) is 91.4 Å². The van der Waals surface area contributed by atoms with E-state index in [4.69, 9.17) is 54.4 Å². The third-order valence-electron chi connectivity index (χ3n) is 28.7. The van der Waals surface area contributed by atoms with E-state index < -0.39 is 0 Å². The third kappa shape index (κ3) is 26.9. The fourth-order valence-corrected chi connectivity index (χ4v) is 19.9. The number of likely N-dealkylation sites (N-methyl/N-ethyl adjacent to an activating group) is 3. The molecule has 0 atom stereocenters. The van der Waals surface area contributed by atoms with Crippen LogP contribution < -0.4 is 69.5 Å². The van der Waals surface area contributed by atoms with Crippen LogP contribution in [0.1, 0.15) is 143 Å². The summed E-state index contributed by atoms with van der Waals surface area (Å²) in [6.45, 7) is 27.7. The zero-order chi connectivity index (χ0) is 94.0. The first-order valence-corrected chi connectivity index (χ1v) is 48.7. The van der Waals surface area contributed by atoms with Gasteiger partial charge < -0.3 is 141 Å². The maximum Gasteiger partial charge on any atom is 0.175 e. The van der Waals surface area contributed by atoms with Gasteiger partial charge in [-0.1, -0.05) is 18.2 Å². The van der Waals surface area contributed by atoms with E-state index in [0.717, 1.165) is 262 Å². The van der Waals surface area contributed by atoms with E-state index in [1.165, 1.54) is 135 Å². The van der Waals surface area contributed by atoms with Crippen LogP contribution in [0.5, 0.6) is 0 Å². The molecule has 0 spiro atoms. The van der Waals surface area contributed by atoms with Crippen LogP contribution in [-0.4, -0.2) is 316 Å². The number of likely N-dealkylation sites (tertiary alicyclic amines) is 1. The topological polar surface area (TPSA) is 311 Å². The Morgan fingerprint density at radius 2 is 0.781 bits per heavy atom. The molecule has 3 aliphatic carbocycles. The highest BCUT2D eigenvalue weighted by atomic mass is 16.5. The summed E-state index contributed by atoms with van der Waals surface area (Å²) in [5.41, 5.74) is 64.1. The van der Waals surface area contributed by atoms with Crippen LogP contribution in [0.4, 0.5) is 68.6 Å². The number of piperidine rings is 1. The Hall–Kier alpha value is -10.5. The zero-order valence-electron chi connectivity index (χ0n) is 89.5. The molecule has 31 heteroatoms. The molecule has 0 amide bonds. The van der Waals surface area contributed by atoms with Crippen LogP contribution in [0.2, 0.25) is 0 Å². The van der Waals surface area contributed by atoms with Gasteiger partial charge in [0.25, 0.3) is 0 Å². The minimum atomic E-state index is 0. The summed E-state index contributed by atoms with van der Waals surface area (Å²) in [6.07, 6.45) is 28.1. The molecule has 18 rings (SSSR count). The second-order valence-electron chi connectivity index (χ2n) is 42.0. The van der Waals surface area contributed by atoms with E-state index in [-0.39, 0.29) is 44.6 Å². The second kappa shape index (κ2) is 48.8. The van der Waals surface area contributed by atoms with Gasteiger partial charge in [0.15, 0.2) is 17.5 Å². The molecule has 137 heavy (non-hydrogen) atoms. The molecule has 3 aliphatic heterocycles. The summed E-state index contributed by atoms with van der Waals surface area (Å²) in [5, 5.41) is 35.0. The number of piperazine rings is 1. The Kier molecular flexibility index (Phi) is 40.5. The minimum Gasteiger partial charge on any atom is -0.395 e. The second-order valence-corrected chi connectivity index (χ2v) is 42.0. The van der Waals surface area contributed by atoms with Crippen molar-refractivity contribution in [2.24, 2.45) is 0 Å². The number of hydrogen-bond acceptors (Lipinski definition) is 19. The molecule has 3 fully saturated rings. The maximum atomic E-state index is 6.41. The molecule has 12 aromatic rings. The van der Waals surface area contributed by atoms with Crippen LogP contribution in [0, 0.1) is 44.6 Å². The van der Waals surface area contributed by atoms with E-state index >= 15 is 0 Å². The number of quaternary nitrogens is 6. The molecule has 6 aliphatic rings. The van der Waals surface area contributed by atoms with E-state index in [1.54, 1.807) is 4.90 Å². The van der Waals surface area contributed by atoms with E-state index in [9.17, 15) is 0 Å². The average Bonchev–Trinajstić information content (AvgIpc) is 1.61. The molecule has 0 unspecified atom stereocenters. The lowest BCUT2D eigenvalue weighted by Crippen LogP contribution is -3.12. The highest BCUT2D eigenvalue weighted by Crippen LogP contribution is 2.37. The number of nitrogens with two attached hydrogens (primary N) is 6. The predicted octanol–water partition coefficient (Wildman–Crippen LogP) is 13.0. The van der Waals surface area contributed by atoms with Crippen LogP contribution in [0.3, 0.4) is 0 Å². The Bertz CT molecular complexity index is 5650. The number of nitrogens with zero attached hydrogens (tertiary/aromatic N) is 21. The smallest absolute Gasteiger partial charge is 0.175 e. The van der Waals surface area contributed by atoms with Crippen LogP contribution >= 0.6 is 0 Å². The number of anilines is 12. The Balaban J connectivity index is 0.000000222. The summed E-state index contributed by atoms with van der Waals surface area (Å²) < 4.78 is 22.7. The summed E-state index contributed by atoms with van der Waals surface area (Å²) in [5.74, 6) is 2.45. The quantitative estimate of drug-likeness (QED) is 0.0131. The SMILES string of the molecule is CC(C)[N+](C)(CCCc1nn2c3c(ccc2c1N)CCC3)C(C)C.CN(C)c1cccn2nc(N3CC[NH+](C)CC3)c(N)c12.CN(C)c1cccn2nc(NCCC[N+](C)(C)C)c(N)c12.CN(C)c1cccn2nc(NCC[N+](C)(C)C)c(N)c12.C[N+]1(CCCc2nn3c4c(ccc3c2N)CCC4)CCCCC1.C[N+]1(CCCc2nn3c4c(ccc3c2N)CCC4)CCOCC1.[CH3-].[CH3-].[CH3-].[CH3-].[CH3-].[CH3-]. The number of nitrogens with one attached hydrogen (secondary N) is 3. The predicted molar refractivity (Wildman–Crippen MR) is 584 cm³/mol. The Labute approximate surface area is 824 Å². The van der Waals surface area contributed by atoms with Crippen molar-refractivity contribution in [3.63, 3.8) is 0 Å². The molecule has 12 aromatic heterocycles. The monoisotopic (exact) mass is 1890 g/mol. The number of nitrogen functional groups attached to an aromatic ring is 6. The van der Waals surface area contributed by atoms with Crippen molar-refractivity contribution >= 4 is 102 Å². The van der Waals surface area contributed by atoms with Crippen molar-refractivity contribution in [2.75, 3.05) is 289 Å². The lowest BCUT2D eigenvalue weighted by molar-refractivity contribution is -0.949. The standard InChI is InChI=1S/C20H33N4.C19H29N4.C18H27N4O.C15H27N6.C14H22N6.C14H25N6.6CH3/c1-14(2)24(5,15(3)4)13-7-9-17-20(21)19-12-11-16-8-6-10-18(16)23(19)22-17;1-23(12-3-2-4-13-23)14-6-8-16-19(20)18-11-10-15-7-5-9-17(15)22(18)21-16;1-22(10-12-23-13-11-22)9-3-5-15-18(19)17-8-7-14-4-2-6-16(14)21(17)20-15;1-19(2)12-8-6-10-20-14(12)13(16)15(18-20)17-9-7-11-21(3,4)5;1-17(2)11-5-4-6-20-13(11)12(15)14(16-20)19-9-7-18(3)8-10-19;1-18(2)11-7-6-9-19-13(11)12(15)14(17-19)16-8-10-20(3,4)5;;;;;;/h11-12,14-15H,6-10,13,21H2,1-5H3;10-11H,2-9,12-14,20H2,1H3;7-8H,2-6,9-13,19H2,1H3;6,8,10H,7,9,11,16H2,1-5H3,(H,17,18);4-6H,7-10,15H2,1-3H3;6-7,9H,8,10,15H2,1-5H3,(H,16,17);6*1H3/q4*+1;;+1;6*-1/p+1. The molecule has 3 saturated heterocycles. The molecule has 15 heterocycles. The van der Waals surface area contributed by atoms with Gasteiger partial charge in [0.2, 0.25) is 0 Å². The van der Waals surface area contributed by atoms with Gasteiger partial charge in [-0.3, -0.25) is 0 Å². The van der Waals surface area contributed by atoms with Crippen molar-refractivity contribution in [3.05, 3.63) is 187 Å². The highest BCUT2D eigenvalue weighted by Gasteiger charge is 2.33. The molecule has 31 nitrogen and oxygen atoms in total. The first-order valence-electron chi connectivity index (χ1n) is 48.7. The number of pyridine rings is 6. The van der Waals surface area contributed by atoms with Gasteiger partial charge in [-0.15, -0.1) is 15.3 Å².